The molecule has 0 spiro atoms. The van der Waals surface area contributed by atoms with Crippen molar-refractivity contribution in [2.24, 2.45) is 0 Å². The minimum absolute atomic E-state index is 0.115. The molecule has 2 fully saturated rings. The Morgan fingerprint density at radius 2 is 2.00 bits per heavy atom. The summed E-state index contributed by atoms with van der Waals surface area (Å²) in [7, 11) is -1.84. The summed E-state index contributed by atoms with van der Waals surface area (Å²) in [4.78, 5) is 2.45. The number of benzene rings is 1. The van der Waals surface area contributed by atoms with Gasteiger partial charge in [-0.15, -0.1) is 10.2 Å². The largest absolute Gasteiger partial charge is 0.383 e. The predicted molar refractivity (Wildman–Crippen MR) is 113 cm³/mol. The molecule has 1 aromatic heterocycles. The maximum Gasteiger partial charge on any atom is 0.243 e. The average Bonchev–Trinajstić information content (AvgIpc) is 3.43. The van der Waals surface area contributed by atoms with Crippen molar-refractivity contribution in [3.63, 3.8) is 0 Å². The number of methoxy groups -OCH3 is 1. The maximum absolute atomic E-state index is 13.0. The first-order valence-electron chi connectivity index (χ1n) is 10.4. The lowest BCUT2D eigenvalue weighted by Crippen LogP contribution is -2.42. The molecule has 2 aliphatic rings. The fourth-order valence-corrected chi connectivity index (χ4v) is 5.57. The fourth-order valence-electron chi connectivity index (χ4n) is 4.00. The lowest BCUT2D eigenvalue weighted by atomic mass is 10.2. The lowest BCUT2D eigenvalue weighted by molar-refractivity contribution is 0.0523. The molecule has 0 bridgehead atoms. The highest BCUT2D eigenvalue weighted by Gasteiger charge is 2.28. The molecule has 10 heteroatoms. The van der Waals surface area contributed by atoms with Crippen LogP contribution < -0.4 is 4.90 Å². The molecule has 30 heavy (non-hydrogen) atoms. The molecule has 1 unspecified atom stereocenters. The zero-order valence-electron chi connectivity index (χ0n) is 17.5. The number of sulfonamides is 1. The molecule has 0 saturated carbocycles. The zero-order valence-corrected chi connectivity index (χ0v) is 18.3. The molecule has 164 valence electrons. The Labute approximate surface area is 177 Å². The van der Waals surface area contributed by atoms with E-state index < -0.39 is 10.0 Å². The third kappa shape index (κ3) is 4.22. The van der Waals surface area contributed by atoms with Crippen LogP contribution in [-0.4, -0.2) is 80.1 Å². The van der Waals surface area contributed by atoms with Crippen molar-refractivity contribution in [1.82, 2.24) is 19.1 Å². The molecule has 1 aromatic carbocycles. The predicted octanol–water partition coefficient (Wildman–Crippen LogP) is 1.60. The second-order valence-corrected chi connectivity index (χ2v) is 9.67. The van der Waals surface area contributed by atoms with E-state index in [4.69, 9.17) is 9.47 Å². The Hall–Kier alpha value is -2.01. The standard InChI is InChI=1S/C20H29N5O4S/c1-16-15-23(10-13-29-16)20-22-21-19(25(20)11-12-28-2)17-6-5-7-18(14-17)30(26,27)24-8-3-4-9-24/h5-7,14,16H,3-4,8-13,15H2,1-2H3. The first kappa shape index (κ1) is 21.2. The number of aromatic nitrogens is 3. The van der Waals surface area contributed by atoms with Gasteiger partial charge in [0.15, 0.2) is 5.82 Å². The van der Waals surface area contributed by atoms with Gasteiger partial charge in [-0.2, -0.15) is 4.31 Å². The Morgan fingerprint density at radius 1 is 1.20 bits per heavy atom. The second kappa shape index (κ2) is 9.01. The van der Waals surface area contributed by atoms with E-state index in [1.807, 2.05) is 17.6 Å². The van der Waals surface area contributed by atoms with Crippen LogP contribution >= 0.6 is 0 Å². The van der Waals surface area contributed by atoms with Crippen molar-refractivity contribution in [2.45, 2.75) is 37.3 Å². The van der Waals surface area contributed by atoms with Gasteiger partial charge < -0.3 is 14.4 Å². The van der Waals surface area contributed by atoms with E-state index >= 15 is 0 Å². The number of anilines is 1. The number of nitrogens with zero attached hydrogens (tertiary/aromatic N) is 5. The lowest BCUT2D eigenvalue weighted by Gasteiger charge is -2.32. The summed E-state index contributed by atoms with van der Waals surface area (Å²) in [5.41, 5.74) is 0.728. The van der Waals surface area contributed by atoms with E-state index in [0.717, 1.165) is 37.4 Å². The van der Waals surface area contributed by atoms with Gasteiger partial charge in [0.25, 0.3) is 0 Å². The van der Waals surface area contributed by atoms with E-state index in [2.05, 4.69) is 15.1 Å². The average molecular weight is 436 g/mol. The van der Waals surface area contributed by atoms with Gasteiger partial charge in [0, 0.05) is 38.9 Å². The summed E-state index contributed by atoms with van der Waals surface area (Å²) in [5, 5.41) is 8.87. The Bertz CT molecular complexity index is 971. The molecule has 2 aromatic rings. The summed E-state index contributed by atoms with van der Waals surface area (Å²) in [6.45, 7) is 6.37. The van der Waals surface area contributed by atoms with Crippen LogP contribution in [0.25, 0.3) is 11.4 Å². The van der Waals surface area contributed by atoms with E-state index in [1.165, 1.54) is 0 Å². The zero-order chi connectivity index (χ0) is 21.1. The summed E-state index contributed by atoms with van der Waals surface area (Å²) in [6.07, 6.45) is 1.93. The van der Waals surface area contributed by atoms with Gasteiger partial charge in [0.05, 0.1) is 30.8 Å². The smallest absolute Gasteiger partial charge is 0.243 e. The Balaban J connectivity index is 1.69. The third-order valence-corrected chi connectivity index (χ3v) is 7.46. The molecular weight excluding hydrogens is 406 g/mol. The molecule has 0 radical (unpaired) electrons. The number of hydrogen-bond acceptors (Lipinski definition) is 7. The summed E-state index contributed by atoms with van der Waals surface area (Å²) < 4.78 is 40.5. The minimum Gasteiger partial charge on any atom is -0.383 e. The van der Waals surface area contributed by atoms with Crippen LogP contribution in [0.3, 0.4) is 0 Å². The van der Waals surface area contributed by atoms with Crippen LogP contribution in [0.1, 0.15) is 19.8 Å². The van der Waals surface area contributed by atoms with Crippen molar-refractivity contribution in [1.29, 1.82) is 0 Å². The first-order valence-corrected chi connectivity index (χ1v) is 11.8. The van der Waals surface area contributed by atoms with Crippen LogP contribution in [0.4, 0.5) is 5.95 Å². The number of morpholine rings is 1. The van der Waals surface area contributed by atoms with Gasteiger partial charge in [0.2, 0.25) is 16.0 Å². The number of rotatable bonds is 7. The first-order chi connectivity index (χ1) is 14.5. The van der Waals surface area contributed by atoms with E-state index in [1.54, 1.807) is 29.6 Å². The van der Waals surface area contributed by atoms with Crippen LogP contribution in [0.15, 0.2) is 29.2 Å². The molecule has 0 aliphatic carbocycles. The molecule has 0 amide bonds. The molecule has 9 nitrogen and oxygen atoms in total. The highest BCUT2D eigenvalue weighted by Crippen LogP contribution is 2.28. The van der Waals surface area contributed by atoms with Crippen molar-refractivity contribution in [3.05, 3.63) is 24.3 Å². The number of hydrogen-bond donors (Lipinski definition) is 0. The summed E-state index contributed by atoms with van der Waals surface area (Å²) in [5.74, 6) is 1.39. The van der Waals surface area contributed by atoms with E-state index in [9.17, 15) is 8.42 Å². The Morgan fingerprint density at radius 3 is 2.73 bits per heavy atom. The van der Waals surface area contributed by atoms with Crippen LogP contribution in [0.2, 0.25) is 0 Å². The summed E-state index contributed by atoms with van der Waals surface area (Å²) >= 11 is 0. The molecule has 0 N–H and O–H groups in total. The van der Waals surface area contributed by atoms with Gasteiger partial charge in [-0.25, -0.2) is 8.42 Å². The second-order valence-electron chi connectivity index (χ2n) is 7.73. The van der Waals surface area contributed by atoms with Gasteiger partial charge in [-0.3, -0.25) is 4.57 Å². The highest BCUT2D eigenvalue weighted by molar-refractivity contribution is 7.89. The highest BCUT2D eigenvalue weighted by atomic mass is 32.2. The molecule has 1 atom stereocenters. The quantitative estimate of drug-likeness (QED) is 0.653. The van der Waals surface area contributed by atoms with Crippen molar-refractivity contribution in [3.8, 4) is 11.4 Å². The third-order valence-electron chi connectivity index (χ3n) is 5.57. The molecule has 2 aliphatic heterocycles. The van der Waals surface area contributed by atoms with E-state index in [-0.39, 0.29) is 6.10 Å². The molecular formula is C20H29N5O4S. The molecule has 2 saturated heterocycles. The van der Waals surface area contributed by atoms with E-state index in [0.29, 0.717) is 43.6 Å². The number of ether oxygens (including phenoxy) is 2. The Kier molecular flexibility index (Phi) is 6.37. The van der Waals surface area contributed by atoms with Crippen molar-refractivity contribution >= 4 is 16.0 Å². The maximum atomic E-state index is 13.0. The van der Waals surface area contributed by atoms with Crippen LogP contribution in [-0.2, 0) is 26.0 Å². The van der Waals surface area contributed by atoms with Crippen LogP contribution in [0.5, 0.6) is 0 Å². The van der Waals surface area contributed by atoms with Gasteiger partial charge in [0.1, 0.15) is 0 Å². The van der Waals surface area contributed by atoms with Gasteiger partial charge in [-0.1, -0.05) is 12.1 Å². The van der Waals surface area contributed by atoms with Crippen LogP contribution in [0, 0.1) is 0 Å². The normalized spacial score (nSPS) is 20.7. The summed E-state index contributed by atoms with van der Waals surface area (Å²) in [6, 6.07) is 7.00. The van der Waals surface area contributed by atoms with Gasteiger partial charge in [-0.05, 0) is 31.9 Å². The minimum atomic E-state index is -3.50. The monoisotopic (exact) mass is 435 g/mol. The topological polar surface area (TPSA) is 89.8 Å². The molecule has 4 rings (SSSR count). The fraction of sp³-hybridized carbons (Fsp3) is 0.600. The molecule has 3 heterocycles. The van der Waals surface area contributed by atoms with Gasteiger partial charge >= 0.3 is 0 Å². The van der Waals surface area contributed by atoms with Crippen molar-refractivity contribution in [2.75, 3.05) is 51.4 Å². The van der Waals surface area contributed by atoms with Crippen molar-refractivity contribution < 1.29 is 17.9 Å². The SMILES string of the molecule is COCCn1c(-c2cccc(S(=O)(=O)N3CCCC3)c2)nnc1N1CCOC(C)C1.